The van der Waals surface area contributed by atoms with E-state index in [2.05, 4.69) is 10.4 Å². The number of hydrogen-bond acceptors (Lipinski definition) is 2. The Hall–Kier alpha value is -2.93. The Balaban J connectivity index is 1.58. The first kappa shape index (κ1) is 18.4. The van der Waals surface area contributed by atoms with E-state index >= 15 is 0 Å². The van der Waals surface area contributed by atoms with Gasteiger partial charge in [-0.2, -0.15) is 5.10 Å². The Labute approximate surface area is 165 Å². The fourth-order valence-electron chi connectivity index (χ4n) is 3.31. The maximum Gasteiger partial charge on any atom is 0.322 e. The minimum atomic E-state index is -0.543. The largest absolute Gasteiger partial charge is 0.322 e. The lowest BCUT2D eigenvalue weighted by Crippen LogP contribution is -2.46. The zero-order valence-electron chi connectivity index (χ0n) is 15.0. The molecule has 1 N–H and O–H groups in total. The van der Waals surface area contributed by atoms with Crippen LogP contribution in [0.25, 0.3) is 11.1 Å². The maximum atomic E-state index is 13.3. The molecule has 2 aromatic carbocycles. The monoisotopic (exact) mass is 402 g/mol. The predicted molar refractivity (Wildman–Crippen MR) is 103 cm³/mol. The molecule has 2 heterocycles. The maximum absolute atomic E-state index is 13.3. The fraction of sp³-hybridized carbons (Fsp3) is 0.200. The summed E-state index contributed by atoms with van der Waals surface area (Å²) in [5, 5.41) is 7.11. The third-order valence-electron chi connectivity index (χ3n) is 4.82. The van der Waals surface area contributed by atoms with Gasteiger partial charge in [0.1, 0.15) is 11.6 Å². The van der Waals surface area contributed by atoms with Crippen molar-refractivity contribution < 1.29 is 13.6 Å². The summed E-state index contributed by atoms with van der Waals surface area (Å²) in [7, 11) is 0. The molecule has 1 aromatic heterocycles. The number of nitrogens with zero attached hydrogens (tertiary/aromatic N) is 3. The van der Waals surface area contributed by atoms with Gasteiger partial charge in [-0.05, 0) is 42.8 Å². The number of fused-ring (bicyclic) bond motifs is 1. The van der Waals surface area contributed by atoms with Gasteiger partial charge < -0.3 is 10.2 Å². The summed E-state index contributed by atoms with van der Waals surface area (Å²) >= 11 is 5.79. The van der Waals surface area contributed by atoms with E-state index in [0.29, 0.717) is 18.8 Å². The smallest absolute Gasteiger partial charge is 0.314 e. The molecule has 4 rings (SSSR count). The second-order valence-electron chi connectivity index (χ2n) is 6.73. The lowest BCUT2D eigenvalue weighted by atomic mass is 10.0. The number of hydrogen-bond donors (Lipinski definition) is 1. The average Bonchev–Trinajstić information content (AvgIpc) is 3.07. The van der Waals surface area contributed by atoms with Crippen LogP contribution < -0.4 is 5.32 Å². The van der Waals surface area contributed by atoms with Crippen LogP contribution in [0.1, 0.15) is 12.6 Å². The second kappa shape index (κ2) is 7.24. The highest BCUT2D eigenvalue weighted by atomic mass is 35.5. The average molecular weight is 403 g/mol. The van der Waals surface area contributed by atoms with Gasteiger partial charge in [-0.25, -0.2) is 13.6 Å². The number of carbonyl (C=O) groups excluding carboxylic acids is 1. The van der Waals surface area contributed by atoms with Gasteiger partial charge in [-0.1, -0.05) is 23.7 Å². The van der Waals surface area contributed by atoms with E-state index in [-0.39, 0.29) is 22.9 Å². The first-order valence-electron chi connectivity index (χ1n) is 8.75. The topological polar surface area (TPSA) is 50.2 Å². The van der Waals surface area contributed by atoms with Crippen molar-refractivity contribution in [2.45, 2.75) is 26.1 Å². The molecule has 0 aliphatic carbocycles. The molecule has 1 aliphatic rings. The van der Waals surface area contributed by atoms with Crippen LogP contribution in [0.15, 0.2) is 48.7 Å². The van der Waals surface area contributed by atoms with Crippen molar-refractivity contribution in [3.63, 3.8) is 0 Å². The molecule has 28 heavy (non-hydrogen) atoms. The van der Waals surface area contributed by atoms with Crippen molar-refractivity contribution in [1.82, 2.24) is 14.7 Å². The van der Waals surface area contributed by atoms with E-state index in [1.165, 1.54) is 30.3 Å². The van der Waals surface area contributed by atoms with Crippen LogP contribution in [0.3, 0.4) is 0 Å². The number of benzene rings is 2. The molecule has 0 fully saturated rings. The van der Waals surface area contributed by atoms with E-state index in [1.54, 1.807) is 23.2 Å². The van der Waals surface area contributed by atoms with E-state index in [4.69, 9.17) is 11.6 Å². The van der Waals surface area contributed by atoms with Crippen molar-refractivity contribution in [2.24, 2.45) is 0 Å². The number of nitrogens with one attached hydrogen (secondary N) is 1. The first-order valence-corrected chi connectivity index (χ1v) is 9.13. The van der Waals surface area contributed by atoms with Crippen molar-refractivity contribution in [3.05, 3.63) is 71.0 Å². The normalized spacial score (nSPS) is 16.0. The number of aromatic nitrogens is 2. The van der Waals surface area contributed by atoms with Gasteiger partial charge >= 0.3 is 6.03 Å². The van der Waals surface area contributed by atoms with Crippen molar-refractivity contribution in [3.8, 4) is 11.1 Å². The van der Waals surface area contributed by atoms with Crippen LogP contribution in [0, 0.1) is 11.6 Å². The van der Waals surface area contributed by atoms with Gasteiger partial charge in [0, 0.05) is 11.3 Å². The van der Waals surface area contributed by atoms with E-state index in [9.17, 15) is 13.6 Å². The van der Waals surface area contributed by atoms with Crippen LogP contribution in [-0.2, 0) is 13.1 Å². The second-order valence-corrected chi connectivity index (χ2v) is 7.14. The quantitative estimate of drug-likeness (QED) is 0.661. The zero-order valence-corrected chi connectivity index (χ0v) is 15.8. The Bertz CT molecular complexity index is 1040. The third kappa shape index (κ3) is 3.45. The molecule has 0 saturated carbocycles. The molecular formula is C20H17ClF2N4O. The van der Waals surface area contributed by atoms with Gasteiger partial charge in [0.2, 0.25) is 0 Å². The SMILES string of the molecule is C[C@H]1Cn2ncc(-c3ccc(F)cc3)c2CN1C(=O)Nc1ccc(F)c(Cl)c1. The van der Waals surface area contributed by atoms with Crippen LogP contribution in [0.4, 0.5) is 19.3 Å². The van der Waals surface area contributed by atoms with Crippen LogP contribution in [0.2, 0.25) is 5.02 Å². The Morgan fingerprint density at radius 1 is 1.21 bits per heavy atom. The standard InChI is InChI=1S/C20H17ClF2N4O/c1-12-10-27-19(16(9-24-27)13-2-4-14(22)5-3-13)11-26(12)20(28)25-15-6-7-18(23)17(21)8-15/h2-9,12H,10-11H2,1H3,(H,25,28)/t12-/m0/s1. The predicted octanol–water partition coefficient (Wildman–Crippen LogP) is 4.92. The third-order valence-corrected chi connectivity index (χ3v) is 5.11. The molecule has 5 nitrogen and oxygen atoms in total. The summed E-state index contributed by atoms with van der Waals surface area (Å²) in [5.41, 5.74) is 2.98. The molecule has 0 bridgehead atoms. The van der Waals surface area contributed by atoms with Crippen molar-refractivity contribution in [2.75, 3.05) is 5.32 Å². The summed E-state index contributed by atoms with van der Waals surface area (Å²) in [5.74, 6) is -0.851. The Morgan fingerprint density at radius 2 is 1.96 bits per heavy atom. The number of halogens is 3. The number of urea groups is 1. The van der Waals surface area contributed by atoms with Crippen molar-refractivity contribution in [1.29, 1.82) is 0 Å². The van der Waals surface area contributed by atoms with Crippen LogP contribution in [-0.4, -0.2) is 26.8 Å². The van der Waals surface area contributed by atoms with Crippen LogP contribution in [0.5, 0.6) is 0 Å². The van der Waals surface area contributed by atoms with E-state index in [0.717, 1.165) is 16.8 Å². The molecule has 3 aromatic rings. The Morgan fingerprint density at radius 3 is 2.68 bits per heavy atom. The molecule has 1 atom stereocenters. The van der Waals surface area contributed by atoms with Gasteiger partial charge in [-0.15, -0.1) is 0 Å². The van der Waals surface area contributed by atoms with Crippen LogP contribution >= 0.6 is 11.6 Å². The minimum Gasteiger partial charge on any atom is -0.314 e. The summed E-state index contributed by atoms with van der Waals surface area (Å²) in [4.78, 5) is 14.5. The summed E-state index contributed by atoms with van der Waals surface area (Å²) in [6, 6.07) is 9.81. The zero-order chi connectivity index (χ0) is 19.8. The highest BCUT2D eigenvalue weighted by Crippen LogP contribution is 2.29. The first-order chi connectivity index (χ1) is 13.4. The van der Waals surface area contributed by atoms with Crippen molar-refractivity contribution >= 4 is 23.3 Å². The summed E-state index contributed by atoms with van der Waals surface area (Å²) < 4.78 is 28.4. The van der Waals surface area contributed by atoms with Gasteiger partial charge in [-0.3, -0.25) is 4.68 Å². The fourth-order valence-corrected chi connectivity index (χ4v) is 3.49. The number of amides is 2. The van der Waals surface area contributed by atoms with E-state index in [1.807, 2.05) is 11.6 Å². The number of anilines is 1. The molecule has 0 radical (unpaired) electrons. The van der Waals surface area contributed by atoms with Gasteiger partial charge in [0.15, 0.2) is 0 Å². The number of carbonyl (C=O) groups is 1. The molecule has 8 heteroatoms. The molecule has 0 spiro atoms. The molecule has 0 saturated heterocycles. The van der Waals surface area contributed by atoms with Gasteiger partial charge in [0.05, 0.1) is 36.0 Å². The molecule has 144 valence electrons. The Kier molecular flexibility index (Phi) is 4.77. The highest BCUT2D eigenvalue weighted by molar-refractivity contribution is 6.31. The summed E-state index contributed by atoms with van der Waals surface area (Å²) in [6.07, 6.45) is 1.73. The lowest BCUT2D eigenvalue weighted by molar-refractivity contribution is 0.162. The van der Waals surface area contributed by atoms with E-state index < -0.39 is 5.82 Å². The number of rotatable bonds is 2. The molecule has 2 amide bonds. The summed E-state index contributed by atoms with van der Waals surface area (Å²) in [6.45, 7) is 2.81. The van der Waals surface area contributed by atoms with Gasteiger partial charge in [0.25, 0.3) is 0 Å². The molecule has 0 unspecified atom stereocenters. The molecule has 1 aliphatic heterocycles. The molecular weight excluding hydrogens is 386 g/mol. The minimum absolute atomic E-state index is 0.0545. The lowest BCUT2D eigenvalue weighted by Gasteiger charge is -2.34. The highest BCUT2D eigenvalue weighted by Gasteiger charge is 2.29.